The Bertz CT molecular complexity index is 1110. The van der Waals surface area contributed by atoms with Gasteiger partial charge in [0.1, 0.15) is 11.9 Å². The van der Waals surface area contributed by atoms with Gasteiger partial charge in [0.25, 0.3) is 0 Å². The second kappa shape index (κ2) is 6.96. The molecule has 2 aliphatic carbocycles. The summed E-state index contributed by atoms with van der Waals surface area (Å²) >= 11 is 0. The Morgan fingerprint density at radius 2 is 1.86 bits per heavy atom. The Morgan fingerprint density at radius 3 is 2.48 bits per heavy atom. The number of allylic oxidation sites excluding steroid dienone is 4. The molecular formula is C21H23NO6S. The molecule has 7 nitrogen and oxygen atoms in total. The first-order chi connectivity index (χ1) is 13.8. The molecule has 0 amide bonds. The lowest BCUT2D eigenvalue weighted by atomic mass is 9.88. The normalized spacial score (nSPS) is 20.2. The van der Waals surface area contributed by atoms with Crippen LogP contribution in [0.25, 0.3) is 5.70 Å². The molecule has 8 heteroatoms. The van der Waals surface area contributed by atoms with E-state index in [1.165, 1.54) is 7.11 Å². The minimum absolute atomic E-state index is 0.193. The van der Waals surface area contributed by atoms with Gasteiger partial charge in [0.2, 0.25) is 0 Å². The molecule has 1 aromatic rings. The summed E-state index contributed by atoms with van der Waals surface area (Å²) in [5.41, 5.74) is 6.31. The van der Waals surface area contributed by atoms with E-state index in [9.17, 15) is 8.42 Å². The van der Waals surface area contributed by atoms with Crippen LogP contribution >= 0.6 is 0 Å². The van der Waals surface area contributed by atoms with Gasteiger partial charge in [-0.05, 0) is 41.0 Å². The van der Waals surface area contributed by atoms with E-state index in [2.05, 4.69) is 17.2 Å². The Balaban J connectivity index is 1.80. The molecule has 1 atom stereocenters. The van der Waals surface area contributed by atoms with Crippen LogP contribution in [0.3, 0.4) is 0 Å². The van der Waals surface area contributed by atoms with Gasteiger partial charge in [-0.3, -0.25) is 0 Å². The van der Waals surface area contributed by atoms with Crippen LogP contribution in [0.5, 0.6) is 11.5 Å². The summed E-state index contributed by atoms with van der Waals surface area (Å²) in [6.45, 7) is 0. The van der Waals surface area contributed by atoms with E-state index < -0.39 is 10.1 Å². The quantitative estimate of drug-likeness (QED) is 0.682. The summed E-state index contributed by atoms with van der Waals surface area (Å²) in [6.07, 6.45) is 7.51. The SMILES string of the molecule is COC1=CC2=CN(C)C3=C(Cc4cc(OS(C)(=O)=O)c(OC)cc43)C2=CC1OC. The van der Waals surface area contributed by atoms with Gasteiger partial charge < -0.3 is 23.3 Å². The van der Waals surface area contributed by atoms with Crippen LogP contribution in [-0.4, -0.2) is 54.1 Å². The molecule has 0 spiro atoms. The highest BCUT2D eigenvalue weighted by molar-refractivity contribution is 7.86. The van der Waals surface area contributed by atoms with E-state index in [1.807, 2.05) is 19.2 Å². The highest BCUT2D eigenvalue weighted by atomic mass is 32.2. The van der Waals surface area contributed by atoms with Crippen molar-refractivity contribution in [2.45, 2.75) is 12.5 Å². The van der Waals surface area contributed by atoms with Crippen molar-refractivity contribution in [2.24, 2.45) is 0 Å². The Hall–Kier alpha value is -2.71. The number of benzene rings is 1. The number of rotatable bonds is 5. The number of fused-ring (bicyclic) bond motifs is 4. The zero-order valence-corrected chi connectivity index (χ0v) is 17.8. The highest BCUT2D eigenvalue weighted by Gasteiger charge is 2.34. The maximum Gasteiger partial charge on any atom is 0.306 e. The van der Waals surface area contributed by atoms with Crippen molar-refractivity contribution < 1.29 is 26.8 Å². The smallest absolute Gasteiger partial charge is 0.306 e. The maximum absolute atomic E-state index is 11.6. The molecule has 1 heterocycles. The third kappa shape index (κ3) is 3.32. The average molecular weight is 417 g/mol. The monoisotopic (exact) mass is 417 g/mol. The molecule has 29 heavy (non-hydrogen) atoms. The molecule has 0 N–H and O–H groups in total. The van der Waals surface area contributed by atoms with E-state index in [-0.39, 0.29) is 11.9 Å². The molecule has 4 rings (SSSR count). The zero-order chi connectivity index (χ0) is 20.9. The first-order valence-electron chi connectivity index (χ1n) is 9.05. The van der Waals surface area contributed by atoms with Crippen molar-refractivity contribution in [1.82, 2.24) is 4.90 Å². The standard InChI is InChI=1S/C21H23NO6S/c1-22-11-13-8-17(25-2)18(26-3)9-14(13)16-6-12-7-20(28-29(5,23)24)19(27-4)10-15(12)21(16)22/h7-11,18H,6H2,1-5H3. The largest absolute Gasteiger partial charge is 0.498 e. The molecule has 0 radical (unpaired) electrons. The first kappa shape index (κ1) is 19.6. The van der Waals surface area contributed by atoms with Crippen molar-refractivity contribution in [3.63, 3.8) is 0 Å². The second-order valence-electron chi connectivity index (χ2n) is 7.13. The summed E-state index contributed by atoms with van der Waals surface area (Å²) in [5.74, 6) is 1.32. The number of hydrogen-bond acceptors (Lipinski definition) is 7. The molecule has 0 saturated heterocycles. The average Bonchev–Trinajstić information content (AvgIpc) is 3.04. The fourth-order valence-corrected chi connectivity index (χ4v) is 4.53. The molecule has 0 fully saturated rings. The van der Waals surface area contributed by atoms with Crippen molar-refractivity contribution >= 4 is 15.8 Å². The van der Waals surface area contributed by atoms with Crippen LogP contribution in [-0.2, 0) is 26.0 Å². The van der Waals surface area contributed by atoms with Crippen molar-refractivity contribution in [3.05, 3.63) is 64.1 Å². The van der Waals surface area contributed by atoms with E-state index in [1.54, 1.807) is 20.3 Å². The fraction of sp³-hybridized carbons (Fsp3) is 0.333. The number of hydrogen-bond donors (Lipinski definition) is 0. The van der Waals surface area contributed by atoms with Crippen LogP contribution in [0.4, 0.5) is 0 Å². The van der Waals surface area contributed by atoms with E-state index in [0.717, 1.165) is 45.6 Å². The summed E-state index contributed by atoms with van der Waals surface area (Å²) in [6, 6.07) is 3.58. The van der Waals surface area contributed by atoms with Crippen molar-refractivity contribution in [3.8, 4) is 11.5 Å². The number of methoxy groups -OCH3 is 3. The minimum atomic E-state index is -3.67. The number of ether oxygens (including phenoxy) is 3. The zero-order valence-electron chi connectivity index (χ0n) is 17.0. The van der Waals surface area contributed by atoms with Crippen molar-refractivity contribution in [1.29, 1.82) is 0 Å². The van der Waals surface area contributed by atoms with E-state index >= 15 is 0 Å². The van der Waals surface area contributed by atoms with Crippen LogP contribution < -0.4 is 8.92 Å². The molecule has 0 saturated carbocycles. The van der Waals surface area contributed by atoms with Crippen molar-refractivity contribution in [2.75, 3.05) is 34.6 Å². The highest BCUT2D eigenvalue weighted by Crippen LogP contribution is 2.48. The van der Waals surface area contributed by atoms with Crippen LogP contribution in [0, 0.1) is 0 Å². The van der Waals surface area contributed by atoms with Gasteiger partial charge in [-0.1, -0.05) is 0 Å². The number of nitrogens with zero attached hydrogens (tertiary/aromatic N) is 1. The summed E-state index contributed by atoms with van der Waals surface area (Å²) in [4.78, 5) is 2.07. The molecule has 0 bridgehead atoms. The molecule has 0 aromatic heterocycles. The second-order valence-corrected chi connectivity index (χ2v) is 8.71. The van der Waals surface area contributed by atoms with Gasteiger partial charge in [0.15, 0.2) is 11.5 Å². The lowest BCUT2D eigenvalue weighted by molar-refractivity contribution is 0.108. The van der Waals surface area contributed by atoms with Gasteiger partial charge in [0.05, 0.1) is 26.2 Å². The lowest BCUT2D eigenvalue weighted by Gasteiger charge is -2.31. The molecule has 1 aromatic carbocycles. The summed E-state index contributed by atoms with van der Waals surface area (Å²) in [5, 5.41) is 0. The first-order valence-corrected chi connectivity index (χ1v) is 10.9. The Labute approximate surface area is 170 Å². The van der Waals surface area contributed by atoms with E-state index in [0.29, 0.717) is 12.2 Å². The maximum atomic E-state index is 11.6. The predicted octanol–water partition coefficient (Wildman–Crippen LogP) is 2.62. The van der Waals surface area contributed by atoms with Gasteiger partial charge >= 0.3 is 10.1 Å². The minimum Gasteiger partial charge on any atom is -0.498 e. The Kier molecular flexibility index (Phi) is 4.71. The van der Waals surface area contributed by atoms with Gasteiger partial charge in [-0.25, -0.2) is 0 Å². The van der Waals surface area contributed by atoms with E-state index in [4.69, 9.17) is 18.4 Å². The van der Waals surface area contributed by atoms with Gasteiger partial charge in [-0.15, -0.1) is 0 Å². The third-order valence-corrected chi connectivity index (χ3v) is 5.73. The molecule has 1 aliphatic heterocycles. The van der Waals surface area contributed by atoms with Crippen LogP contribution in [0.1, 0.15) is 11.1 Å². The Morgan fingerprint density at radius 1 is 1.10 bits per heavy atom. The predicted molar refractivity (Wildman–Crippen MR) is 109 cm³/mol. The molecule has 154 valence electrons. The van der Waals surface area contributed by atoms with Crippen LogP contribution in [0.2, 0.25) is 0 Å². The molecule has 3 aliphatic rings. The van der Waals surface area contributed by atoms with Gasteiger partial charge in [-0.2, -0.15) is 8.42 Å². The molecular weight excluding hydrogens is 394 g/mol. The fourth-order valence-electron chi connectivity index (χ4n) is 4.08. The third-order valence-electron chi connectivity index (χ3n) is 5.25. The summed E-state index contributed by atoms with van der Waals surface area (Å²) in [7, 11) is 3.10. The molecule has 1 unspecified atom stereocenters. The topological polar surface area (TPSA) is 74.3 Å². The van der Waals surface area contributed by atoms with Gasteiger partial charge in [0, 0.05) is 37.9 Å². The lowest BCUT2D eigenvalue weighted by Crippen LogP contribution is -2.23. The van der Waals surface area contributed by atoms with Crippen LogP contribution in [0.15, 0.2) is 53.0 Å². The summed E-state index contributed by atoms with van der Waals surface area (Å²) < 4.78 is 44.9.